The molecule has 17 heavy (non-hydrogen) atoms. The lowest BCUT2D eigenvalue weighted by Gasteiger charge is -2.20. The molecule has 0 aliphatic carbocycles. The average molecular weight is 237 g/mol. The van der Waals surface area contributed by atoms with Gasteiger partial charge in [0.05, 0.1) is 0 Å². The van der Waals surface area contributed by atoms with E-state index >= 15 is 0 Å². The lowest BCUT2D eigenvalue weighted by atomic mass is 9.84. The van der Waals surface area contributed by atoms with Crippen molar-refractivity contribution in [2.75, 3.05) is 0 Å². The molecule has 3 heteroatoms. The Morgan fingerprint density at radius 2 is 1.71 bits per heavy atom. The lowest BCUT2D eigenvalue weighted by Crippen LogP contribution is -2.39. The Labute approximate surface area is 104 Å². The maximum Gasteiger partial charge on any atom is 0.244 e. The molecule has 0 saturated heterocycles. The Bertz CT molecular complexity index is 333. The van der Waals surface area contributed by atoms with Crippen LogP contribution in [0.4, 0.5) is 0 Å². The monoisotopic (exact) mass is 237 g/mol. The quantitative estimate of drug-likeness (QED) is 0.747. The van der Waals surface area contributed by atoms with Gasteiger partial charge in [0.25, 0.3) is 0 Å². The SMILES string of the molecule is C=CC(=O)C(C)(C)C/C=C\C(=O)NC(C)(C)C. The third kappa shape index (κ3) is 6.72. The van der Waals surface area contributed by atoms with Crippen molar-refractivity contribution in [1.82, 2.24) is 5.32 Å². The van der Waals surface area contributed by atoms with Crippen LogP contribution in [0, 0.1) is 5.41 Å². The number of hydrogen-bond acceptors (Lipinski definition) is 2. The molecule has 0 aromatic rings. The van der Waals surface area contributed by atoms with E-state index in [0.29, 0.717) is 6.42 Å². The molecule has 0 saturated carbocycles. The van der Waals surface area contributed by atoms with Gasteiger partial charge in [-0.05, 0) is 39.3 Å². The minimum absolute atomic E-state index is 0.0154. The van der Waals surface area contributed by atoms with Gasteiger partial charge >= 0.3 is 0 Å². The smallest absolute Gasteiger partial charge is 0.244 e. The Hall–Kier alpha value is -1.38. The number of nitrogens with one attached hydrogen (secondary N) is 1. The second-order valence-electron chi connectivity index (χ2n) is 5.80. The number of hydrogen-bond donors (Lipinski definition) is 1. The molecule has 0 aromatic carbocycles. The minimum atomic E-state index is -0.500. The largest absolute Gasteiger partial charge is 0.348 e. The number of allylic oxidation sites excluding steroid dienone is 2. The van der Waals surface area contributed by atoms with Crippen LogP contribution in [-0.4, -0.2) is 17.2 Å². The highest BCUT2D eigenvalue weighted by Crippen LogP contribution is 2.22. The highest BCUT2D eigenvalue weighted by atomic mass is 16.1. The Kier molecular flexibility index (Phi) is 5.33. The molecule has 1 N–H and O–H groups in total. The number of ketones is 1. The molecule has 0 fully saturated rings. The summed E-state index contributed by atoms with van der Waals surface area (Å²) in [7, 11) is 0. The van der Waals surface area contributed by atoms with Crippen LogP contribution in [-0.2, 0) is 9.59 Å². The first-order valence-electron chi connectivity index (χ1n) is 5.74. The molecule has 0 radical (unpaired) electrons. The van der Waals surface area contributed by atoms with Crippen LogP contribution < -0.4 is 5.32 Å². The molecule has 0 aliphatic rings. The van der Waals surface area contributed by atoms with Crippen LogP contribution in [0.25, 0.3) is 0 Å². The zero-order chi connectivity index (χ0) is 13.7. The zero-order valence-corrected chi connectivity index (χ0v) is 11.5. The Balaban J connectivity index is 4.33. The third-order valence-corrected chi connectivity index (χ3v) is 2.25. The van der Waals surface area contributed by atoms with E-state index in [-0.39, 0.29) is 17.2 Å². The molecule has 1 amide bonds. The van der Waals surface area contributed by atoms with Crippen molar-refractivity contribution >= 4 is 11.7 Å². The zero-order valence-electron chi connectivity index (χ0n) is 11.5. The molecule has 96 valence electrons. The van der Waals surface area contributed by atoms with Crippen molar-refractivity contribution in [2.45, 2.75) is 46.6 Å². The van der Waals surface area contributed by atoms with Crippen molar-refractivity contribution in [3.63, 3.8) is 0 Å². The minimum Gasteiger partial charge on any atom is -0.348 e. The van der Waals surface area contributed by atoms with Gasteiger partial charge in [0.1, 0.15) is 0 Å². The van der Waals surface area contributed by atoms with Gasteiger partial charge in [-0.15, -0.1) is 0 Å². The van der Waals surface area contributed by atoms with Crippen molar-refractivity contribution in [1.29, 1.82) is 0 Å². The van der Waals surface area contributed by atoms with Crippen LogP contribution in [0.3, 0.4) is 0 Å². The van der Waals surface area contributed by atoms with Crippen LogP contribution in [0.15, 0.2) is 24.8 Å². The maximum absolute atomic E-state index is 11.5. The number of amides is 1. The second kappa shape index (κ2) is 5.80. The molecule has 0 aliphatic heterocycles. The van der Waals surface area contributed by atoms with E-state index in [4.69, 9.17) is 0 Å². The number of carbonyl (C=O) groups is 2. The molecule has 0 unspecified atom stereocenters. The predicted octanol–water partition coefficient (Wildman–Crippen LogP) is 2.63. The standard InChI is InChI=1S/C14H23NO2/c1-7-11(16)14(5,6)10-8-9-12(17)15-13(2,3)4/h7-9H,1,10H2,2-6H3,(H,15,17)/b9-8-. The first kappa shape index (κ1) is 15.6. The average Bonchev–Trinajstić information content (AvgIpc) is 2.13. The van der Waals surface area contributed by atoms with Gasteiger partial charge in [0.2, 0.25) is 5.91 Å². The molecule has 0 bridgehead atoms. The summed E-state index contributed by atoms with van der Waals surface area (Å²) in [6, 6.07) is 0. The van der Waals surface area contributed by atoms with Gasteiger partial charge in [-0.1, -0.05) is 26.5 Å². The highest BCUT2D eigenvalue weighted by molar-refractivity contribution is 5.94. The summed E-state index contributed by atoms with van der Waals surface area (Å²) in [4.78, 5) is 23.0. The van der Waals surface area contributed by atoms with Gasteiger partial charge in [-0.25, -0.2) is 0 Å². The summed E-state index contributed by atoms with van der Waals surface area (Å²) >= 11 is 0. The first-order chi connectivity index (χ1) is 7.58. The van der Waals surface area contributed by atoms with Crippen LogP contribution in [0.5, 0.6) is 0 Å². The molecule has 0 spiro atoms. The Morgan fingerprint density at radius 3 is 2.12 bits per heavy atom. The van der Waals surface area contributed by atoms with Gasteiger partial charge in [0.15, 0.2) is 5.78 Å². The van der Waals surface area contributed by atoms with E-state index in [1.54, 1.807) is 6.08 Å². The third-order valence-electron chi connectivity index (χ3n) is 2.25. The normalized spacial score (nSPS) is 12.5. The molecule has 0 heterocycles. The summed E-state index contributed by atoms with van der Waals surface area (Å²) in [6.45, 7) is 12.9. The molecule has 0 rings (SSSR count). The summed E-state index contributed by atoms with van der Waals surface area (Å²) < 4.78 is 0. The topological polar surface area (TPSA) is 46.2 Å². The fraction of sp³-hybridized carbons (Fsp3) is 0.571. The van der Waals surface area contributed by atoms with E-state index in [1.165, 1.54) is 12.2 Å². The van der Waals surface area contributed by atoms with Gasteiger partial charge in [-0.3, -0.25) is 9.59 Å². The van der Waals surface area contributed by atoms with Gasteiger partial charge in [-0.2, -0.15) is 0 Å². The fourth-order valence-electron chi connectivity index (χ4n) is 1.25. The fourth-order valence-corrected chi connectivity index (χ4v) is 1.25. The van der Waals surface area contributed by atoms with Crippen molar-refractivity contribution in [3.8, 4) is 0 Å². The molecule has 0 atom stereocenters. The van der Waals surface area contributed by atoms with E-state index in [1.807, 2.05) is 34.6 Å². The van der Waals surface area contributed by atoms with Crippen molar-refractivity contribution in [2.24, 2.45) is 5.41 Å². The number of rotatable bonds is 5. The Morgan fingerprint density at radius 1 is 1.18 bits per heavy atom. The number of carbonyl (C=O) groups excluding carboxylic acids is 2. The van der Waals surface area contributed by atoms with E-state index < -0.39 is 5.41 Å². The molecular formula is C14H23NO2. The van der Waals surface area contributed by atoms with E-state index in [0.717, 1.165) is 0 Å². The molecular weight excluding hydrogens is 214 g/mol. The van der Waals surface area contributed by atoms with Gasteiger partial charge < -0.3 is 5.32 Å². The highest BCUT2D eigenvalue weighted by Gasteiger charge is 2.23. The summed E-state index contributed by atoms with van der Waals surface area (Å²) in [6.07, 6.45) is 5.05. The lowest BCUT2D eigenvalue weighted by molar-refractivity contribution is -0.122. The summed E-state index contributed by atoms with van der Waals surface area (Å²) in [5.41, 5.74) is -0.742. The van der Waals surface area contributed by atoms with E-state index in [9.17, 15) is 9.59 Å². The second-order valence-corrected chi connectivity index (χ2v) is 5.80. The molecule has 3 nitrogen and oxygen atoms in total. The van der Waals surface area contributed by atoms with Crippen LogP contribution >= 0.6 is 0 Å². The van der Waals surface area contributed by atoms with Crippen LogP contribution in [0.2, 0.25) is 0 Å². The van der Waals surface area contributed by atoms with Crippen LogP contribution in [0.1, 0.15) is 41.0 Å². The van der Waals surface area contributed by atoms with Crippen molar-refractivity contribution in [3.05, 3.63) is 24.8 Å². The van der Waals surface area contributed by atoms with Gasteiger partial charge in [0, 0.05) is 11.0 Å². The summed E-state index contributed by atoms with van der Waals surface area (Å²) in [5.74, 6) is -0.155. The predicted molar refractivity (Wildman–Crippen MR) is 70.6 cm³/mol. The first-order valence-corrected chi connectivity index (χ1v) is 5.74. The summed E-state index contributed by atoms with van der Waals surface area (Å²) in [5, 5.41) is 2.82. The van der Waals surface area contributed by atoms with Crippen molar-refractivity contribution < 1.29 is 9.59 Å². The molecule has 0 aromatic heterocycles. The maximum atomic E-state index is 11.5. The van der Waals surface area contributed by atoms with E-state index in [2.05, 4.69) is 11.9 Å².